The first-order valence-corrected chi connectivity index (χ1v) is 11.5. The lowest BCUT2D eigenvalue weighted by atomic mass is 10.00. The fourth-order valence-corrected chi connectivity index (χ4v) is 4.52. The van der Waals surface area contributed by atoms with Crippen molar-refractivity contribution in [1.29, 1.82) is 0 Å². The molecule has 1 aliphatic rings. The van der Waals surface area contributed by atoms with Gasteiger partial charge in [-0.05, 0) is 43.8 Å². The molecule has 0 saturated carbocycles. The topological polar surface area (TPSA) is 48.7 Å². The zero-order chi connectivity index (χ0) is 22.8. The number of hydrogen-bond acceptors (Lipinski definition) is 4. The summed E-state index contributed by atoms with van der Waals surface area (Å²) in [6, 6.07) is 25.9. The van der Waals surface area contributed by atoms with E-state index in [9.17, 15) is 4.79 Å². The van der Waals surface area contributed by atoms with Crippen molar-refractivity contribution in [3.63, 3.8) is 0 Å². The number of para-hydroxylation sites is 1. The predicted molar refractivity (Wildman–Crippen MR) is 133 cm³/mol. The number of nitrogens with zero attached hydrogens (tertiary/aromatic N) is 2. The molecule has 168 valence electrons. The van der Waals surface area contributed by atoms with Crippen LogP contribution in [-0.2, 0) is 0 Å². The SMILES string of the molecule is Cc1ccc(C(=O)Nc2c([C@H](c3ccccc3)N3CCN(C)CC3)oc3ccccc23)cc1. The van der Waals surface area contributed by atoms with E-state index in [-0.39, 0.29) is 11.9 Å². The van der Waals surface area contributed by atoms with E-state index in [2.05, 4.69) is 46.4 Å². The molecule has 0 radical (unpaired) electrons. The molecule has 1 atom stereocenters. The number of hydrogen-bond donors (Lipinski definition) is 1. The standard InChI is InChI=1S/C28H29N3O2/c1-20-12-14-22(15-13-20)28(32)29-25-23-10-6-7-11-24(23)33-27(25)26(21-8-4-3-5-9-21)31-18-16-30(2)17-19-31/h3-15,26H,16-19H2,1-2H3,(H,29,32)/t26-/m0/s1. The van der Waals surface area contributed by atoms with E-state index in [1.54, 1.807) is 0 Å². The van der Waals surface area contributed by atoms with E-state index >= 15 is 0 Å². The molecule has 0 spiro atoms. The number of fused-ring (bicyclic) bond motifs is 1. The maximum atomic E-state index is 13.2. The minimum atomic E-state index is -0.131. The van der Waals surface area contributed by atoms with Gasteiger partial charge < -0.3 is 14.6 Å². The third-order valence-electron chi connectivity index (χ3n) is 6.44. The Morgan fingerprint density at radius 2 is 1.55 bits per heavy atom. The number of nitrogens with one attached hydrogen (secondary N) is 1. The van der Waals surface area contributed by atoms with Crippen LogP contribution in [0.15, 0.2) is 83.3 Å². The molecule has 1 N–H and O–H groups in total. The molecule has 1 aliphatic heterocycles. The summed E-state index contributed by atoms with van der Waals surface area (Å²) in [6.07, 6.45) is 0. The largest absolute Gasteiger partial charge is 0.457 e. The van der Waals surface area contributed by atoms with Crippen LogP contribution < -0.4 is 5.32 Å². The number of piperazine rings is 1. The Hall–Kier alpha value is -3.41. The van der Waals surface area contributed by atoms with Gasteiger partial charge in [-0.25, -0.2) is 0 Å². The molecule has 5 rings (SSSR count). The molecule has 33 heavy (non-hydrogen) atoms. The Kier molecular flexibility index (Phi) is 5.99. The normalized spacial score (nSPS) is 16.1. The maximum Gasteiger partial charge on any atom is 0.255 e. The highest BCUT2D eigenvalue weighted by Gasteiger charge is 2.32. The summed E-state index contributed by atoms with van der Waals surface area (Å²) in [6.45, 7) is 5.87. The van der Waals surface area contributed by atoms with Gasteiger partial charge in [-0.15, -0.1) is 0 Å². The zero-order valence-electron chi connectivity index (χ0n) is 19.1. The van der Waals surface area contributed by atoms with Gasteiger partial charge in [0.25, 0.3) is 5.91 Å². The Morgan fingerprint density at radius 3 is 2.27 bits per heavy atom. The van der Waals surface area contributed by atoms with Crippen LogP contribution in [-0.4, -0.2) is 48.9 Å². The van der Waals surface area contributed by atoms with E-state index < -0.39 is 0 Å². The summed E-state index contributed by atoms with van der Waals surface area (Å²) < 4.78 is 6.48. The molecule has 2 heterocycles. The number of carbonyl (C=O) groups is 1. The molecule has 0 unspecified atom stereocenters. The lowest BCUT2D eigenvalue weighted by Gasteiger charge is -2.37. The molecular formula is C28H29N3O2. The fraction of sp³-hybridized carbons (Fsp3) is 0.250. The van der Waals surface area contributed by atoms with E-state index in [1.807, 2.05) is 61.5 Å². The summed E-state index contributed by atoms with van der Waals surface area (Å²) in [7, 11) is 2.16. The predicted octanol–water partition coefficient (Wildman–Crippen LogP) is 5.33. The van der Waals surface area contributed by atoms with Crippen molar-refractivity contribution in [2.45, 2.75) is 13.0 Å². The molecule has 1 aromatic heterocycles. The second-order valence-corrected chi connectivity index (χ2v) is 8.81. The Morgan fingerprint density at radius 1 is 0.879 bits per heavy atom. The van der Waals surface area contributed by atoms with Crippen LogP contribution in [0.2, 0.25) is 0 Å². The van der Waals surface area contributed by atoms with Crippen LogP contribution in [0.3, 0.4) is 0 Å². The first-order chi connectivity index (χ1) is 16.1. The highest BCUT2D eigenvalue weighted by atomic mass is 16.3. The number of rotatable bonds is 5. The van der Waals surface area contributed by atoms with Gasteiger partial charge in [0.1, 0.15) is 11.3 Å². The average Bonchev–Trinajstić information content (AvgIpc) is 3.19. The van der Waals surface area contributed by atoms with Crippen molar-refractivity contribution >= 4 is 22.6 Å². The van der Waals surface area contributed by atoms with Gasteiger partial charge in [-0.3, -0.25) is 9.69 Å². The molecular weight excluding hydrogens is 410 g/mol. The third kappa shape index (κ3) is 4.42. The van der Waals surface area contributed by atoms with Gasteiger partial charge in [-0.2, -0.15) is 0 Å². The third-order valence-corrected chi connectivity index (χ3v) is 6.44. The average molecular weight is 440 g/mol. The molecule has 5 heteroatoms. The van der Waals surface area contributed by atoms with Gasteiger partial charge in [-0.1, -0.05) is 60.2 Å². The molecule has 0 aliphatic carbocycles. The summed E-state index contributed by atoms with van der Waals surface area (Å²) >= 11 is 0. The lowest BCUT2D eigenvalue weighted by Crippen LogP contribution is -2.46. The molecule has 5 nitrogen and oxygen atoms in total. The Labute approximate surface area is 194 Å². The van der Waals surface area contributed by atoms with E-state index in [4.69, 9.17) is 4.42 Å². The molecule has 3 aromatic carbocycles. The Balaban J connectivity index is 1.60. The fourth-order valence-electron chi connectivity index (χ4n) is 4.52. The number of benzene rings is 3. The highest BCUT2D eigenvalue weighted by molar-refractivity contribution is 6.09. The molecule has 4 aromatic rings. The number of furan rings is 1. The molecule has 0 bridgehead atoms. The van der Waals surface area contributed by atoms with Gasteiger partial charge in [0.05, 0.1) is 11.7 Å². The number of likely N-dealkylation sites (N-methyl/N-ethyl adjacent to an activating group) is 1. The van der Waals surface area contributed by atoms with Gasteiger partial charge in [0.15, 0.2) is 0 Å². The molecule has 1 saturated heterocycles. The van der Waals surface area contributed by atoms with E-state index in [0.29, 0.717) is 5.56 Å². The first kappa shape index (κ1) is 21.4. The second-order valence-electron chi connectivity index (χ2n) is 8.81. The van der Waals surface area contributed by atoms with Crippen molar-refractivity contribution in [2.75, 3.05) is 38.5 Å². The second kappa shape index (κ2) is 9.22. The van der Waals surface area contributed by atoms with Crippen LogP contribution in [0.5, 0.6) is 0 Å². The summed E-state index contributed by atoms with van der Waals surface area (Å²) in [5, 5.41) is 4.12. The highest BCUT2D eigenvalue weighted by Crippen LogP contribution is 2.40. The smallest absolute Gasteiger partial charge is 0.255 e. The number of amides is 1. The summed E-state index contributed by atoms with van der Waals surface area (Å²) in [5.74, 6) is 0.653. The minimum absolute atomic E-state index is 0.0828. The van der Waals surface area contributed by atoms with Crippen LogP contribution in [0.4, 0.5) is 5.69 Å². The maximum absolute atomic E-state index is 13.2. The number of carbonyl (C=O) groups excluding carboxylic acids is 1. The van der Waals surface area contributed by atoms with Crippen LogP contribution in [0.1, 0.15) is 33.3 Å². The molecule has 1 fully saturated rings. The van der Waals surface area contributed by atoms with Gasteiger partial charge >= 0.3 is 0 Å². The van der Waals surface area contributed by atoms with E-state index in [0.717, 1.165) is 59.7 Å². The monoisotopic (exact) mass is 439 g/mol. The zero-order valence-corrected chi connectivity index (χ0v) is 19.1. The van der Waals surface area contributed by atoms with Gasteiger partial charge in [0.2, 0.25) is 0 Å². The van der Waals surface area contributed by atoms with Crippen LogP contribution in [0.25, 0.3) is 11.0 Å². The van der Waals surface area contributed by atoms with Crippen LogP contribution >= 0.6 is 0 Å². The lowest BCUT2D eigenvalue weighted by molar-refractivity contribution is 0.102. The van der Waals surface area contributed by atoms with Crippen molar-refractivity contribution in [3.05, 3.63) is 101 Å². The van der Waals surface area contributed by atoms with Crippen molar-refractivity contribution < 1.29 is 9.21 Å². The summed E-state index contributed by atoms with van der Waals surface area (Å²) in [4.78, 5) is 18.0. The minimum Gasteiger partial charge on any atom is -0.457 e. The first-order valence-electron chi connectivity index (χ1n) is 11.5. The summed E-state index contributed by atoms with van der Waals surface area (Å²) in [5.41, 5.74) is 4.45. The van der Waals surface area contributed by atoms with Crippen molar-refractivity contribution in [3.8, 4) is 0 Å². The quantitative estimate of drug-likeness (QED) is 0.457. The molecule has 1 amide bonds. The van der Waals surface area contributed by atoms with Crippen LogP contribution in [0, 0.1) is 6.92 Å². The van der Waals surface area contributed by atoms with E-state index in [1.165, 1.54) is 0 Å². The Bertz CT molecular complexity index is 1240. The van der Waals surface area contributed by atoms with Crippen molar-refractivity contribution in [2.24, 2.45) is 0 Å². The number of anilines is 1. The number of aryl methyl sites for hydroxylation is 1. The van der Waals surface area contributed by atoms with Gasteiger partial charge in [0, 0.05) is 37.1 Å². The van der Waals surface area contributed by atoms with Crippen molar-refractivity contribution in [1.82, 2.24) is 9.80 Å².